The first-order valence-corrected chi connectivity index (χ1v) is 16.3. The van der Waals surface area contributed by atoms with E-state index < -0.39 is 5.41 Å². The van der Waals surface area contributed by atoms with E-state index in [0.717, 1.165) is 77.4 Å². The van der Waals surface area contributed by atoms with Crippen molar-refractivity contribution >= 4 is 5.84 Å². The summed E-state index contributed by atoms with van der Waals surface area (Å²) in [6, 6.07) is 9.30. The molecule has 1 unspecified atom stereocenters. The average Bonchev–Trinajstić information content (AvgIpc) is 3.56. The molecule has 0 saturated carbocycles. The smallest absolute Gasteiger partial charge is 0.176 e. The fourth-order valence-electron chi connectivity index (χ4n) is 6.15. The van der Waals surface area contributed by atoms with Gasteiger partial charge in [0, 0.05) is 50.2 Å². The standard InChI is InChI=1S/C35H49N5O4/c1-5-35(4,34(37-43-6-2)40-21-18-36-33(40)28(3)44-32-9-7-8-24-42-32)17-14-29-10-12-30(13-11-29)27-38-19-15-31(16-20-38)39-22-25-41-26-23-39/h5,10-13,18,21,28,31-32H,1,6-9,15-16,19-20,22-27H2,2-4H3/b37-34+/t28-,32?,35-/m0/s1. The van der Waals surface area contributed by atoms with Crippen LogP contribution in [0.25, 0.3) is 0 Å². The Morgan fingerprint density at radius 1 is 1.14 bits per heavy atom. The first kappa shape index (κ1) is 32.4. The van der Waals surface area contributed by atoms with Gasteiger partial charge in [0.1, 0.15) is 24.0 Å². The van der Waals surface area contributed by atoms with E-state index in [-0.39, 0.29) is 12.4 Å². The van der Waals surface area contributed by atoms with E-state index in [9.17, 15) is 0 Å². The monoisotopic (exact) mass is 603 g/mol. The summed E-state index contributed by atoms with van der Waals surface area (Å²) in [7, 11) is 0. The number of ether oxygens (including phenoxy) is 3. The number of oxime groups is 1. The van der Waals surface area contributed by atoms with E-state index >= 15 is 0 Å². The fraction of sp³-hybridized carbons (Fsp3) is 0.600. The highest BCUT2D eigenvalue weighted by Crippen LogP contribution is 2.27. The third-order valence-electron chi connectivity index (χ3n) is 8.85. The van der Waals surface area contributed by atoms with Crippen LogP contribution >= 0.6 is 0 Å². The molecule has 2 aromatic rings. The molecule has 44 heavy (non-hydrogen) atoms. The number of hydrogen-bond donors (Lipinski definition) is 0. The molecule has 0 aliphatic carbocycles. The van der Waals surface area contributed by atoms with Crippen LogP contribution < -0.4 is 0 Å². The Morgan fingerprint density at radius 2 is 1.91 bits per heavy atom. The highest BCUT2D eigenvalue weighted by atomic mass is 16.7. The molecule has 3 atom stereocenters. The van der Waals surface area contributed by atoms with Crippen LogP contribution in [0.1, 0.15) is 75.9 Å². The number of piperidine rings is 1. The molecule has 9 heteroatoms. The number of allylic oxidation sites excluding steroid dienone is 1. The number of nitrogens with zero attached hydrogens (tertiary/aromatic N) is 5. The van der Waals surface area contributed by atoms with Gasteiger partial charge in [0.05, 0.1) is 13.2 Å². The lowest BCUT2D eigenvalue weighted by Gasteiger charge is -2.40. The lowest BCUT2D eigenvalue weighted by Crippen LogP contribution is -2.48. The SMILES string of the molecule is C=C[C@@](C)(C#Cc1ccc(CN2CCC(N3CCOCC3)CC2)cc1)/C(=N\OCC)n1ccnc1[C@H](C)OC1CCCCO1. The second-order valence-electron chi connectivity index (χ2n) is 12.1. The van der Waals surface area contributed by atoms with Gasteiger partial charge in [0.2, 0.25) is 0 Å². The number of aromatic nitrogens is 2. The Balaban J connectivity index is 1.24. The van der Waals surface area contributed by atoms with Gasteiger partial charge in [-0.3, -0.25) is 14.4 Å². The molecule has 3 fully saturated rings. The van der Waals surface area contributed by atoms with Crippen molar-refractivity contribution in [2.45, 2.75) is 77.9 Å². The van der Waals surface area contributed by atoms with Crippen molar-refractivity contribution in [2.24, 2.45) is 10.6 Å². The van der Waals surface area contributed by atoms with Crippen LogP contribution in [0.2, 0.25) is 0 Å². The summed E-state index contributed by atoms with van der Waals surface area (Å²) in [5.41, 5.74) is 1.44. The van der Waals surface area contributed by atoms with Gasteiger partial charge in [0.15, 0.2) is 12.1 Å². The molecule has 0 spiro atoms. The minimum absolute atomic E-state index is 0.230. The highest BCUT2D eigenvalue weighted by Gasteiger charge is 2.32. The summed E-state index contributed by atoms with van der Waals surface area (Å²) in [6.45, 7) is 18.3. The molecule has 0 N–H and O–H groups in total. The van der Waals surface area contributed by atoms with Crippen LogP contribution in [0, 0.1) is 17.3 Å². The molecule has 1 aromatic heterocycles. The van der Waals surface area contributed by atoms with Gasteiger partial charge in [-0.1, -0.05) is 35.2 Å². The lowest BCUT2D eigenvalue weighted by molar-refractivity contribution is -0.187. The van der Waals surface area contributed by atoms with Crippen LogP contribution in [0.3, 0.4) is 0 Å². The molecule has 4 heterocycles. The van der Waals surface area contributed by atoms with E-state index in [4.69, 9.17) is 19.0 Å². The van der Waals surface area contributed by atoms with Crippen LogP contribution in [0.4, 0.5) is 0 Å². The third kappa shape index (κ3) is 8.38. The number of rotatable bonds is 10. The Kier molecular flexibility index (Phi) is 11.7. The Hall–Kier alpha value is -3.00. The van der Waals surface area contributed by atoms with Crippen LogP contribution in [0.5, 0.6) is 0 Å². The number of benzene rings is 1. The quantitative estimate of drug-likeness (QED) is 0.121. The number of likely N-dealkylation sites (tertiary alicyclic amines) is 1. The molecule has 9 nitrogen and oxygen atoms in total. The maximum absolute atomic E-state index is 6.23. The maximum Gasteiger partial charge on any atom is 0.176 e. The highest BCUT2D eigenvalue weighted by molar-refractivity contribution is 5.94. The van der Waals surface area contributed by atoms with Crippen molar-refractivity contribution in [3.63, 3.8) is 0 Å². The van der Waals surface area contributed by atoms with E-state index in [0.29, 0.717) is 24.3 Å². The van der Waals surface area contributed by atoms with Gasteiger partial charge in [-0.25, -0.2) is 4.98 Å². The maximum atomic E-state index is 6.23. The van der Waals surface area contributed by atoms with Crippen LogP contribution in [-0.4, -0.2) is 90.1 Å². The number of hydrogen-bond acceptors (Lipinski definition) is 8. The summed E-state index contributed by atoms with van der Waals surface area (Å²) in [4.78, 5) is 15.4. The van der Waals surface area contributed by atoms with Gasteiger partial charge in [-0.15, -0.1) is 6.58 Å². The first-order chi connectivity index (χ1) is 21.5. The zero-order chi connectivity index (χ0) is 30.8. The normalized spacial score (nSPS) is 22.9. The van der Waals surface area contributed by atoms with Gasteiger partial charge < -0.3 is 19.0 Å². The van der Waals surface area contributed by atoms with Crippen molar-refractivity contribution in [3.8, 4) is 11.8 Å². The van der Waals surface area contributed by atoms with Crippen molar-refractivity contribution in [2.75, 3.05) is 52.6 Å². The van der Waals surface area contributed by atoms with Gasteiger partial charge in [-0.05, 0) is 83.7 Å². The van der Waals surface area contributed by atoms with E-state index in [2.05, 4.69) is 62.6 Å². The third-order valence-corrected chi connectivity index (χ3v) is 8.85. The average molecular weight is 604 g/mol. The Bertz CT molecular complexity index is 1280. The Labute approximate surface area is 263 Å². The zero-order valence-corrected chi connectivity index (χ0v) is 26.7. The number of imidazole rings is 1. The second kappa shape index (κ2) is 15.8. The van der Waals surface area contributed by atoms with Gasteiger partial charge in [0.25, 0.3) is 0 Å². The predicted molar refractivity (Wildman–Crippen MR) is 172 cm³/mol. The molecule has 5 rings (SSSR count). The summed E-state index contributed by atoms with van der Waals surface area (Å²) in [5.74, 6) is 8.10. The minimum atomic E-state index is -0.810. The van der Waals surface area contributed by atoms with E-state index in [1.165, 1.54) is 18.4 Å². The molecule has 0 radical (unpaired) electrons. The fourth-order valence-corrected chi connectivity index (χ4v) is 6.15. The minimum Gasteiger partial charge on any atom is -0.395 e. The Morgan fingerprint density at radius 3 is 2.59 bits per heavy atom. The van der Waals surface area contributed by atoms with Crippen molar-refractivity contribution in [1.82, 2.24) is 19.4 Å². The molecule has 0 amide bonds. The van der Waals surface area contributed by atoms with Crippen molar-refractivity contribution in [1.29, 1.82) is 0 Å². The molecule has 3 aliphatic heterocycles. The molecule has 1 aromatic carbocycles. The second-order valence-corrected chi connectivity index (χ2v) is 12.1. The van der Waals surface area contributed by atoms with Gasteiger partial charge >= 0.3 is 0 Å². The molecule has 238 valence electrons. The van der Waals surface area contributed by atoms with Crippen LogP contribution in [-0.2, 0) is 25.6 Å². The van der Waals surface area contributed by atoms with Crippen molar-refractivity contribution < 1.29 is 19.0 Å². The largest absolute Gasteiger partial charge is 0.395 e. The lowest BCUT2D eigenvalue weighted by atomic mass is 9.89. The zero-order valence-electron chi connectivity index (χ0n) is 26.7. The topological polar surface area (TPSA) is 73.6 Å². The summed E-state index contributed by atoms with van der Waals surface area (Å²) in [6.07, 6.45) is 10.4. The van der Waals surface area contributed by atoms with Crippen LogP contribution in [0.15, 0.2) is 54.5 Å². The molecular formula is C35H49N5O4. The number of morpholine rings is 1. The molecular weight excluding hydrogens is 554 g/mol. The van der Waals surface area contributed by atoms with Crippen molar-refractivity contribution in [3.05, 3.63) is 66.3 Å². The summed E-state index contributed by atoms with van der Waals surface area (Å²) in [5, 5.41) is 4.51. The van der Waals surface area contributed by atoms with Gasteiger partial charge in [-0.2, -0.15) is 0 Å². The first-order valence-electron chi connectivity index (χ1n) is 16.3. The predicted octanol–water partition coefficient (Wildman–Crippen LogP) is 5.23. The summed E-state index contributed by atoms with van der Waals surface area (Å²) < 4.78 is 19.5. The van der Waals surface area contributed by atoms with E-state index in [1.807, 2.05) is 37.6 Å². The molecule has 3 saturated heterocycles. The summed E-state index contributed by atoms with van der Waals surface area (Å²) >= 11 is 0. The molecule has 3 aliphatic rings. The van der Waals surface area contributed by atoms with E-state index in [1.54, 1.807) is 6.20 Å². The molecule has 0 bridgehead atoms.